The lowest BCUT2D eigenvalue weighted by molar-refractivity contribution is -0.137. The molecule has 8 heteroatoms. The summed E-state index contributed by atoms with van der Waals surface area (Å²) in [6.07, 6.45) is 2.85. The van der Waals surface area contributed by atoms with Gasteiger partial charge in [-0.1, -0.05) is 13.0 Å². The molecule has 0 radical (unpaired) electrons. The normalized spacial score (nSPS) is 17.6. The zero-order valence-corrected chi connectivity index (χ0v) is 15.0. The summed E-state index contributed by atoms with van der Waals surface area (Å²) >= 11 is 0. The second-order valence-corrected chi connectivity index (χ2v) is 6.54. The van der Waals surface area contributed by atoms with Gasteiger partial charge in [0.25, 0.3) is 5.91 Å². The molecule has 0 saturated carbocycles. The van der Waals surface area contributed by atoms with Gasteiger partial charge in [-0.3, -0.25) is 4.79 Å². The van der Waals surface area contributed by atoms with Crippen LogP contribution < -0.4 is 10.2 Å². The molecule has 0 aliphatic carbocycles. The highest BCUT2D eigenvalue weighted by molar-refractivity contribution is 6.02. The van der Waals surface area contributed by atoms with Crippen LogP contribution in [0.1, 0.15) is 48.7 Å². The molecule has 1 aliphatic heterocycles. The van der Waals surface area contributed by atoms with Gasteiger partial charge < -0.3 is 10.2 Å². The van der Waals surface area contributed by atoms with E-state index in [-0.39, 0.29) is 11.4 Å². The van der Waals surface area contributed by atoms with Gasteiger partial charge in [0.1, 0.15) is 11.5 Å². The third kappa shape index (κ3) is 4.56. The number of rotatable bonds is 4. The van der Waals surface area contributed by atoms with Crippen LogP contribution in [-0.4, -0.2) is 28.5 Å². The maximum atomic E-state index is 12.8. The molecule has 1 aromatic heterocycles. The number of piperidine rings is 1. The molecule has 1 unspecified atom stereocenters. The molecule has 0 bridgehead atoms. The first kappa shape index (κ1) is 19.1. The standard InChI is InChI=1S/C19H21F3N4O/c1-2-15-8-3-4-9-26(15)17-12-23-16(11-24-17)18(27)25-14-7-5-6-13(10-14)19(20,21)22/h5-7,10-12,15H,2-4,8-9H2,1H3,(H,25,27). The van der Waals surface area contributed by atoms with Crippen LogP contribution in [0.25, 0.3) is 0 Å². The van der Waals surface area contributed by atoms with Crippen molar-refractivity contribution in [2.45, 2.75) is 44.8 Å². The van der Waals surface area contributed by atoms with Crippen LogP contribution in [0.5, 0.6) is 0 Å². The summed E-state index contributed by atoms with van der Waals surface area (Å²) in [7, 11) is 0. The van der Waals surface area contributed by atoms with Gasteiger partial charge in [0.15, 0.2) is 0 Å². The Morgan fingerprint density at radius 3 is 2.74 bits per heavy atom. The second kappa shape index (κ2) is 7.94. The molecule has 1 saturated heterocycles. The van der Waals surface area contributed by atoms with Crippen molar-refractivity contribution in [1.82, 2.24) is 9.97 Å². The van der Waals surface area contributed by atoms with Gasteiger partial charge in [0, 0.05) is 18.3 Å². The fourth-order valence-electron chi connectivity index (χ4n) is 3.28. The summed E-state index contributed by atoms with van der Waals surface area (Å²) in [4.78, 5) is 23.0. The molecule has 144 valence electrons. The topological polar surface area (TPSA) is 58.1 Å². The monoisotopic (exact) mass is 378 g/mol. The first-order chi connectivity index (χ1) is 12.9. The largest absolute Gasteiger partial charge is 0.416 e. The molecule has 2 aromatic rings. The first-order valence-corrected chi connectivity index (χ1v) is 8.96. The predicted molar refractivity (Wildman–Crippen MR) is 96.7 cm³/mol. The minimum absolute atomic E-state index is 0.0567. The van der Waals surface area contributed by atoms with E-state index in [9.17, 15) is 18.0 Å². The van der Waals surface area contributed by atoms with Crippen LogP contribution in [0.4, 0.5) is 24.7 Å². The van der Waals surface area contributed by atoms with Crippen molar-refractivity contribution >= 4 is 17.4 Å². The highest BCUT2D eigenvalue weighted by atomic mass is 19.4. The summed E-state index contributed by atoms with van der Waals surface area (Å²) in [6, 6.07) is 4.90. The number of anilines is 2. The van der Waals surface area contributed by atoms with Crippen molar-refractivity contribution in [2.75, 3.05) is 16.8 Å². The van der Waals surface area contributed by atoms with Crippen LogP contribution in [0.3, 0.4) is 0 Å². The first-order valence-electron chi connectivity index (χ1n) is 8.96. The summed E-state index contributed by atoms with van der Waals surface area (Å²) in [5, 5.41) is 2.43. The lowest BCUT2D eigenvalue weighted by Crippen LogP contribution is -2.39. The van der Waals surface area contributed by atoms with Crippen LogP contribution in [0, 0.1) is 0 Å². The van der Waals surface area contributed by atoms with Crippen molar-refractivity contribution < 1.29 is 18.0 Å². The maximum absolute atomic E-state index is 12.8. The molecule has 1 atom stereocenters. The molecule has 1 aliphatic rings. The maximum Gasteiger partial charge on any atom is 0.416 e. The van der Waals surface area contributed by atoms with Gasteiger partial charge in [-0.15, -0.1) is 0 Å². The Balaban J connectivity index is 1.71. The van der Waals surface area contributed by atoms with Crippen molar-refractivity contribution in [3.05, 3.63) is 47.9 Å². The molecule has 1 N–H and O–H groups in total. The highest BCUT2D eigenvalue weighted by Gasteiger charge is 2.30. The molecule has 5 nitrogen and oxygen atoms in total. The molecular weight excluding hydrogens is 357 g/mol. The van der Waals surface area contributed by atoms with Gasteiger partial charge in [0.2, 0.25) is 0 Å². The Labute approximate surface area is 155 Å². The molecule has 27 heavy (non-hydrogen) atoms. The number of benzene rings is 1. The Kier molecular flexibility index (Phi) is 5.62. The van der Waals surface area contributed by atoms with Crippen molar-refractivity contribution in [3.8, 4) is 0 Å². The molecule has 2 heterocycles. The lowest BCUT2D eigenvalue weighted by atomic mass is 10.0. The van der Waals surface area contributed by atoms with Crippen LogP contribution in [0.2, 0.25) is 0 Å². The smallest absolute Gasteiger partial charge is 0.352 e. The van der Waals surface area contributed by atoms with E-state index in [2.05, 4.69) is 27.1 Å². The van der Waals surface area contributed by atoms with E-state index in [1.807, 2.05) is 0 Å². The third-order valence-electron chi connectivity index (χ3n) is 4.71. The van der Waals surface area contributed by atoms with Crippen molar-refractivity contribution in [1.29, 1.82) is 0 Å². The summed E-state index contributed by atoms with van der Waals surface area (Å²) < 4.78 is 38.3. The van der Waals surface area contributed by atoms with E-state index in [1.165, 1.54) is 24.8 Å². The molecule has 3 rings (SSSR count). The summed E-state index contributed by atoms with van der Waals surface area (Å²) in [6.45, 7) is 3.04. The number of carbonyl (C=O) groups is 1. The average molecular weight is 378 g/mol. The van der Waals surface area contributed by atoms with Gasteiger partial charge in [-0.25, -0.2) is 9.97 Å². The lowest BCUT2D eigenvalue weighted by Gasteiger charge is -2.35. The molecule has 1 amide bonds. The second-order valence-electron chi connectivity index (χ2n) is 6.54. The third-order valence-corrected chi connectivity index (χ3v) is 4.71. The average Bonchev–Trinajstić information content (AvgIpc) is 2.67. The molecule has 1 aromatic carbocycles. The summed E-state index contributed by atoms with van der Waals surface area (Å²) in [5.41, 5.74) is -0.707. The number of hydrogen-bond donors (Lipinski definition) is 1. The Morgan fingerprint density at radius 1 is 1.26 bits per heavy atom. The zero-order chi connectivity index (χ0) is 19.4. The Hall–Kier alpha value is -2.64. The van der Waals surface area contributed by atoms with E-state index in [1.54, 1.807) is 6.20 Å². The predicted octanol–water partition coefficient (Wildman–Crippen LogP) is 4.52. The van der Waals surface area contributed by atoms with Crippen LogP contribution in [-0.2, 0) is 6.18 Å². The number of alkyl halides is 3. The Morgan fingerprint density at radius 2 is 2.07 bits per heavy atom. The van der Waals surface area contributed by atoms with E-state index in [4.69, 9.17) is 0 Å². The van der Waals surface area contributed by atoms with Gasteiger partial charge in [-0.05, 0) is 43.9 Å². The van der Waals surface area contributed by atoms with Gasteiger partial charge in [-0.2, -0.15) is 13.2 Å². The van der Waals surface area contributed by atoms with E-state index >= 15 is 0 Å². The molecular formula is C19H21F3N4O. The molecule has 0 spiro atoms. The van der Waals surface area contributed by atoms with Crippen molar-refractivity contribution in [2.24, 2.45) is 0 Å². The number of nitrogens with one attached hydrogen (secondary N) is 1. The fourth-order valence-corrected chi connectivity index (χ4v) is 3.28. The number of carbonyl (C=O) groups excluding carboxylic acids is 1. The number of hydrogen-bond acceptors (Lipinski definition) is 4. The highest BCUT2D eigenvalue weighted by Crippen LogP contribution is 2.30. The zero-order valence-electron chi connectivity index (χ0n) is 15.0. The number of halogens is 3. The Bertz CT molecular complexity index is 792. The number of nitrogens with zero attached hydrogens (tertiary/aromatic N) is 3. The van der Waals surface area contributed by atoms with Crippen LogP contribution >= 0.6 is 0 Å². The quantitative estimate of drug-likeness (QED) is 0.850. The summed E-state index contributed by atoms with van der Waals surface area (Å²) in [5.74, 6) is 0.122. The minimum Gasteiger partial charge on any atom is -0.352 e. The number of amides is 1. The fraction of sp³-hybridized carbons (Fsp3) is 0.421. The molecule has 1 fully saturated rings. The van der Waals surface area contributed by atoms with Gasteiger partial charge >= 0.3 is 6.18 Å². The SMILES string of the molecule is CCC1CCCCN1c1cnc(C(=O)Nc2cccc(C(F)(F)F)c2)cn1. The van der Waals surface area contributed by atoms with E-state index in [0.29, 0.717) is 6.04 Å². The van der Waals surface area contributed by atoms with Crippen LogP contribution in [0.15, 0.2) is 36.7 Å². The number of aromatic nitrogens is 2. The minimum atomic E-state index is -4.47. The van der Waals surface area contributed by atoms with Gasteiger partial charge in [0.05, 0.1) is 18.0 Å². The van der Waals surface area contributed by atoms with E-state index < -0.39 is 17.6 Å². The van der Waals surface area contributed by atoms with Crippen molar-refractivity contribution in [3.63, 3.8) is 0 Å². The van der Waals surface area contributed by atoms with E-state index in [0.717, 1.165) is 43.8 Å².